The van der Waals surface area contributed by atoms with Crippen LogP contribution >= 0.6 is 0 Å². The molecule has 1 saturated heterocycles. The first-order chi connectivity index (χ1) is 7.12. The second-order valence-electron chi connectivity index (χ2n) is 5.03. The molecular weight excluding hydrogens is 188 g/mol. The van der Waals surface area contributed by atoms with E-state index in [2.05, 4.69) is 24.1 Å². The van der Waals surface area contributed by atoms with E-state index < -0.39 is 0 Å². The summed E-state index contributed by atoms with van der Waals surface area (Å²) in [6, 6.07) is 0. The van der Waals surface area contributed by atoms with Gasteiger partial charge in [0.25, 0.3) is 0 Å². The molecular formula is C12H26N2O. The Balaban J connectivity index is 2.40. The number of hydrogen-bond donors (Lipinski definition) is 1. The summed E-state index contributed by atoms with van der Waals surface area (Å²) in [5.74, 6) is 0.782. The Morgan fingerprint density at radius 1 is 1.47 bits per heavy atom. The molecule has 0 aromatic rings. The van der Waals surface area contributed by atoms with E-state index in [0.717, 1.165) is 25.5 Å². The van der Waals surface area contributed by atoms with Crippen LogP contribution in [-0.4, -0.2) is 50.8 Å². The van der Waals surface area contributed by atoms with Crippen LogP contribution < -0.4 is 5.32 Å². The molecule has 0 aromatic heterocycles. The summed E-state index contributed by atoms with van der Waals surface area (Å²) in [7, 11) is 3.82. The lowest BCUT2D eigenvalue weighted by atomic mass is 9.88. The Hall–Kier alpha value is -0.120. The van der Waals surface area contributed by atoms with Crippen molar-refractivity contribution in [3.8, 4) is 0 Å². The summed E-state index contributed by atoms with van der Waals surface area (Å²) in [5, 5.41) is 3.30. The van der Waals surface area contributed by atoms with Crippen LogP contribution in [0.5, 0.6) is 0 Å². The van der Waals surface area contributed by atoms with Crippen LogP contribution in [-0.2, 0) is 4.74 Å². The predicted octanol–water partition coefficient (Wildman–Crippen LogP) is 1.34. The molecule has 0 saturated carbocycles. The smallest absolute Gasteiger partial charge is 0.0474 e. The third-order valence-electron chi connectivity index (χ3n) is 3.79. The monoisotopic (exact) mass is 214 g/mol. The molecule has 1 fully saturated rings. The summed E-state index contributed by atoms with van der Waals surface area (Å²) < 4.78 is 5.11. The third-order valence-corrected chi connectivity index (χ3v) is 3.79. The number of rotatable bonds is 6. The van der Waals surface area contributed by atoms with Crippen LogP contribution in [0.3, 0.4) is 0 Å². The van der Waals surface area contributed by atoms with Crippen LogP contribution in [0.25, 0.3) is 0 Å². The Morgan fingerprint density at radius 3 is 2.80 bits per heavy atom. The average Bonchev–Trinajstić information content (AvgIpc) is 2.46. The van der Waals surface area contributed by atoms with Crippen molar-refractivity contribution < 1.29 is 4.74 Å². The molecule has 0 aliphatic carbocycles. The maximum absolute atomic E-state index is 5.11. The van der Waals surface area contributed by atoms with Crippen LogP contribution in [0.1, 0.15) is 26.7 Å². The highest BCUT2D eigenvalue weighted by Crippen LogP contribution is 2.33. The van der Waals surface area contributed by atoms with E-state index in [1.807, 2.05) is 7.05 Å². The topological polar surface area (TPSA) is 24.5 Å². The highest BCUT2D eigenvalue weighted by molar-refractivity contribution is 4.95. The molecule has 1 heterocycles. The Kier molecular flexibility index (Phi) is 5.03. The summed E-state index contributed by atoms with van der Waals surface area (Å²) in [5.41, 5.74) is 0.344. The molecule has 1 N–H and O–H groups in total. The molecule has 0 radical (unpaired) electrons. The van der Waals surface area contributed by atoms with Gasteiger partial charge < -0.3 is 10.1 Å². The molecule has 3 heteroatoms. The highest BCUT2D eigenvalue weighted by atomic mass is 16.5. The lowest BCUT2D eigenvalue weighted by Crippen LogP contribution is -2.45. The van der Waals surface area contributed by atoms with Gasteiger partial charge in [0.2, 0.25) is 0 Å². The zero-order valence-corrected chi connectivity index (χ0v) is 10.7. The van der Waals surface area contributed by atoms with Gasteiger partial charge in [-0.2, -0.15) is 0 Å². The van der Waals surface area contributed by atoms with E-state index in [-0.39, 0.29) is 0 Å². The summed E-state index contributed by atoms with van der Waals surface area (Å²) in [4.78, 5) is 2.61. The van der Waals surface area contributed by atoms with Gasteiger partial charge in [0.1, 0.15) is 0 Å². The summed E-state index contributed by atoms with van der Waals surface area (Å²) >= 11 is 0. The zero-order valence-electron chi connectivity index (χ0n) is 10.7. The number of nitrogens with zero attached hydrogens (tertiary/aromatic N) is 1. The van der Waals surface area contributed by atoms with Crippen molar-refractivity contribution in [2.75, 3.05) is 40.4 Å². The van der Waals surface area contributed by atoms with Gasteiger partial charge in [-0.05, 0) is 52.7 Å². The van der Waals surface area contributed by atoms with E-state index in [1.54, 1.807) is 7.11 Å². The molecule has 1 rings (SSSR count). The lowest BCUT2D eigenvalue weighted by molar-refractivity contribution is 0.116. The maximum Gasteiger partial charge on any atom is 0.0474 e. The highest BCUT2D eigenvalue weighted by Gasteiger charge is 2.39. The van der Waals surface area contributed by atoms with E-state index in [4.69, 9.17) is 4.74 Å². The SMILES string of the molecule is CNCC1CCN(CCCOC)C1(C)C. The van der Waals surface area contributed by atoms with Gasteiger partial charge in [0, 0.05) is 25.8 Å². The quantitative estimate of drug-likeness (QED) is 0.675. The summed E-state index contributed by atoms with van der Waals surface area (Å²) in [6.07, 6.45) is 2.47. The van der Waals surface area contributed by atoms with Crippen LogP contribution in [0.2, 0.25) is 0 Å². The summed E-state index contributed by atoms with van der Waals surface area (Å²) in [6.45, 7) is 9.16. The Labute approximate surface area is 94.2 Å². The normalized spacial score (nSPS) is 26.0. The van der Waals surface area contributed by atoms with Gasteiger partial charge >= 0.3 is 0 Å². The van der Waals surface area contributed by atoms with Gasteiger partial charge in [0.05, 0.1) is 0 Å². The largest absolute Gasteiger partial charge is 0.385 e. The van der Waals surface area contributed by atoms with Gasteiger partial charge in [-0.25, -0.2) is 0 Å². The number of hydrogen-bond acceptors (Lipinski definition) is 3. The van der Waals surface area contributed by atoms with Crippen LogP contribution in [0.4, 0.5) is 0 Å². The Morgan fingerprint density at radius 2 is 2.20 bits per heavy atom. The minimum Gasteiger partial charge on any atom is -0.385 e. The van der Waals surface area contributed by atoms with Crippen LogP contribution in [0, 0.1) is 5.92 Å². The van der Waals surface area contributed by atoms with Crippen molar-refractivity contribution in [1.29, 1.82) is 0 Å². The van der Waals surface area contributed by atoms with Crippen molar-refractivity contribution in [2.24, 2.45) is 5.92 Å². The number of likely N-dealkylation sites (tertiary alicyclic amines) is 1. The van der Waals surface area contributed by atoms with Gasteiger partial charge in [0.15, 0.2) is 0 Å². The minimum absolute atomic E-state index is 0.344. The molecule has 0 bridgehead atoms. The molecule has 15 heavy (non-hydrogen) atoms. The molecule has 1 aliphatic heterocycles. The molecule has 1 aliphatic rings. The third kappa shape index (κ3) is 3.16. The standard InChI is InChI=1S/C12H26N2O/c1-12(2)11(10-13-3)6-8-14(12)7-5-9-15-4/h11,13H,5-10H2,1-4H3. The first kappa shape index (κ1) is 12.9. The molecule has 0 spiro atoms. The predicted molar refractivity (Wildman–Crippen MR) is 64.2 cm³/mol. The van der Waals surface area contributed by atoms with E-state index in [0.29, 0.717) is 5.54 Å². The first-order valence-electron chi connectivity index (χ1n) is 6.01. The van der Waals surface area contributed by atoms with Crippen molar-refractivity contribution >= 4 is 0 Å². The molecule has 3 nitrogen and oxygen atoms in total. The lowest BCUT2D eigenvalue weighted by Gasteiger charge is -2.36. The number of methoxy groups -OCH3 is 1. The maximum atomic E-state index is 5.11. The van der Waals surface area contributed by atoms with Crippen molar-refractivity contribution in [3.63, 3.8) is 0 Å². The van der Waals surface area contributed by atoms with Gasteiger partial charge in [-0.3, -0.25) is 4.90 Å². The van der Waals surface area contributed by atoms with Gasteiger partial charge in [-0.1, -0.05) is 0 Å². The number of nitrogens with one attached hydrogen (secondary N) is 1. The fourth-order valence-electron chi connectivity index (χ4n) is 2.61. The second kappa shape index (κ2) is 5.83. The van der Waals surface area contributed by atoms with Gasteiger partial charge in [-0.15, -0.1) is 0 Å². The van der Waals surface area contributed by atoms with E-state index in [1.165, 1.54) is 19.5 Å². The van der Waals surface area contributed by atoms with Crippen molar-refractivity contribution in [2.45, 2.75) is 32.2 Å². The fraction of sp³-hybridized carbons (Fsp3) is 1.00. The molecule has 90 valence electrons. The second-order valence-corrected chi connectivity index (χ2v) is 5.03. The van der Waals surface area contributed by atoms with Crippen molar-refractivity contribution in [3.05, 3.63) is 0 Å². The minimum atomic E-state index is 0.344. The molecule has 0 aromatic carbocycles. The zero-order chi connectivity index (χ0) is 11.3. The van der Waals surface area contributed by atoms with Crippen LogP contribution in [0.15, 0.2) is 0 Å². The molecule has 1 unspecified atom stereocenters. The first-order valence-corrected chi connectivity index (χ1v) is 6.01. The fourth-order valence-corrected chi connectivity index (χ4v) is 2.61. The molecule has 0 amide bonds. The van der Waals surface area contributed by atoms with Crippen molar-refractivity contribution in [1.82, 2.24) is 10.2 Å². The van der Waals surface area contributed by atoms with E-state index >= 15 is 0 Å². The Bertz CT molecular complexity index is 182. The average molecular weight is 214 g/mol. The van der Waals surface area contributed by atoms with E-state index in [9.17, 15) is 0 Å². The molecule has 1 atom stereocenters. The number of ether oxygens (including phenoxy) is 1.